The fourth-order valence-corrected chi connectivity index (χ4v) is 4.06. The Bertz CT molecular complexity index is 557. The molecule has 6 heteroatoms. The van der Waals surface area contributed by atoms with E-state index in [2.05, 4.69) is 51.3 Å². The number of nitrogens with zero attached hydrogens (tertiary/aromatic N) is 2. The molecule has 2 N–H and O–H groups in total. The average molecular weight is 358 g/mol. The van der Waals surface area contributed by atoms with Crippen LogP contribution in [0.5, 0.6) is 0 Å². The summed E-state index contributed by atoms with van der Waals surface area (Å²) < 4.78 is 2.06. The van der Waals surface area contributed by atoms with Crippen LogP contribution in [0, 0.1) is 6.92 Å². The van der Waals surface area contributed by atoms with Crippen molar-refractivity contribution in [2.45, 2.75) is 42.0 Å². The van der Waals surface area contributed by atoms with Crippen molar-refractivity contribution in [3.8, 4) is 0 Å². The van der Waals surface area contributed by atoms with Crippen molar-refractivity contribution < 1.29 is 0 Å². The van der Waals surface area contributed by atoms with Crippen molar-refractivity contribution >= 4 is 39.0 Å². The molecule has 102 valence electrons. The summed E-state index contributed by atoms with van der Waals surface area (Å²) in [5.74, 6) is 0. The molecule has 0 bridgehead atoms. The van der Waals surface area contributed by atoms with Gasteiger partial charge in [-0.2, -0.15) is 0 Å². The van der Waals surface area contributed by atoms with E-state index in [1.54, 1.807) is 23.1 Å². The second-order valence-corrected chi connectivity index (χ2v) is 7.65. The van der Waals surface area contributed by atoms with Crippen molar-refractivity contribution in [2.75, 3.05) is 0 Å². The van der Waals surface area contributed by atoms with Gasteiger partial charge in [0.2, 0.25) is 0 Å². The maximum atomic E-state index is 5.98. The molecule has 0 fully saturated rings. The molecule has 2 rings (SSSR count). The molecular formula is C13H16BrN3S2. The van der Waals surface area contributed by atoms with Gasteiger partial charge in [0, 0.05) is 15.4 Å². The summed E-state index contributed by atoms with van der Waals surface area (Å²) >= 11 is 6.86. The zero-order valence-corrected chi connectivity index (χ0v) is 14.1. The maximum Gasteiger partial charge on any atom is 0.179 e. The van der Waals surface area contributed by atoms with Crippen LogP contribution in [-0.4, -0.2) is 16.2 Å². The Balaban J connectivity index is 2.10. The lowest BCUT2D eigenvalue weighted by molar-refractivity contribution is 0.646. The number of hydrogen-bond acceptors (Lipinski definition) is 5. The predicted octanol–water partition coefficient (Wildman–Crippen LogP) is 4.04. The van der Waals surface area contributed by atoms with Gasteiger partial charge in [0.15, 0.2) is 4.34 Å². The Morgan fingerprint density at radius 3 is 2.79 bits per heavy atom. The molecule has 0 saturated heterocycles. The molecule has 1 unspecified atom stereocenters. The average Bonchev–Trinajstić information content (AvgIpc) is 2.78. The van der Waals surface area contributed by atoms with Crippen LogP contribution in [0.4, 0.5) is 0 Å². The first-order chi connectivity index (χ1) is 9.08. The first-order valence-corrected chi connectivity index (χ1v) is 8.53. The second kappa shape index (κ2) is 6.83. The molecule has 0 aliphatic carbocycles. The molecular weight excluding hydrogens is 342 g/mol. The van der Waals surface area contributed by atoms with Crippen molar-refractivity contribution in [3.63, 3.8) is 0 Å². The van der Waals surface area contributed by atoms with E-state index in [9.17, 15) is 0 Å². The van der Waals surface area contributed by atoms with Crippen LogP contribution in [0.3, 0.4) is 0 Å². The quantitative estimate of drug-likeness (QED) is 0.876. The Kier molecular flexibility index (Phi) is 5.38. The topological polar surface area (TPSA) is 51.8 Å². The number of nitrogens with two attached hydrogens (primary N) is 1. The van der Waals surface area contributed by atoms with E-state index in [0.717, 1.165) is 31.6 Å². The minimum absolute atomic E-state index is 0.233. The number of halogens is 1. The smallest absolute Gasteiger partial charge is 0.179 e. The Hall–Kier alpha value is -0.430. The minimum Gasteiger partial charge on any atom is -0.327 e. The molecule has 3 nitrogen and oxygen atoms in total. The largest absolute Gasteiger partial charge is 0.327 e. The molecule has 0 aliphatic heterocycles. The van der Waals surface area contributed by atoms with Gasteiger partial charge in [-0.05, 0) is 53.4 Å². The van der Waals surface area contributed by atoms with Gasteiger partial charge in [-0.3, -0.25) is 0 Å². The fourth-order valence-electron chi connectivity index (χ4n) is 1.61. The molecule has 0 spiro atoms. The summed E-state index contributed by atoms with van der Waals surface area (Å²) in [7, 11) is 0. The van der Waals surface area contributed by atoms with Crippen molar-refractivity contribution in [2.24, 2.45) is 5.73 Å². The van der Waals surface area contributed by atoms with E-state index >= 15 is 0 Å². The van der Waals surface area contributed by atoms with Gasteiger partial charge >= 0.3 is 0 Å². The molecule has 2 aromatic rings. The molecule has 1 heterocycles. The zero-order valence-electron chi connectivity index (χ0n) is 10.9. The van der Waals surface area contributed by atoms with Gasteiger partial charge in [-0.1, -0.05) is 36.1 Å². The van der Waals surface area contributed by atoms with Gasteiger partial charge in [-0.25, -0.2) is 0 Å². The molecule has 0 saturated carbocycles. The molecule has 19 heavy (non-hydrogen) atoms. The lowest BCUT2D eigenvalue weighted by Crippen LogP contribution is -2.21. The molecule has 1 aromatic heterocycles. The summed E-state index contributed by atoms with van der Waals surface area (Å²) in [5, 5.41) is 9.14. The van der Waals surface area contributed by atoms with Crippen LogP contribution >= 0.6 is 39.0 Å². The monoisotopic (exact) mass is 357 g/mol. The normalized spacial score (nSPS) is 12.6. The highest BCUT2D eigenvalue weighted by Crippen LogP contribution is 2.35. The van der Waals surface area contributed by atoms with E-state index in [4.69, 9.17) is 5.73 Å². The van der Waals surface area contributed by atoms with Gasteiger partial charge in [0.05, 0.1) is 0 Å². The highest BCUT2D eigenvalue weighted by molar-refractivity contribution is 9.10. The first-order valence-electron chi connectivity index (χ1n) is 6.10. The summed E-state index contributed by atoms with van der Waals surface area (Å²) in [5.41, 5.74) is 7.25. The van der Waals surface area contributed by atoms with E-state index in [-0.39, 0.29) is 6.04 Å². The van der Waals surface area contributed by atoms with Crippen molar-refractivity contribution in [1.82, 2.24) is 10.2 Å². The molecule has 0 aliphatic rings. The third kappa shape index (κ3) is 4.27. The molecule has 1 atom stereocenters. The Labute approximate surface area is 130 Å². The zero-order chi connectivity index (χ0) is 13.8. The predicted molar refractivity (Wildman–Crippen MR) is 84.9 cm³/mol. The van der Waals surface area contributed by atoms with Crippen molar-refractivity contribution in [1.29, 1.82) is 0 Å². The molecule has 0 amide bonds. The summed E-state index contributed by atoms with van der Waals surface area (Å²) in [6.07, 6.45) is 1.91. The molecule has 1 aromatic carbocycles. The van der Waals surface area contributed by atoms with E-state index in [0.29, 0.717) is 0 Å². The van der Waals surface area contributed by atoms with Crippen LogP contribution < -0.4 is 5.73 Å². The number of benzene rings is 1. The van der Waals surface area contributed by atoms with Crippen LogP contribution in [0.1, 0.15) is 23.9 Å². The van der Waals surface area contributed by atoms with E-state index < -0.39 is 0 Å². The second-order valence-electron chi connectivity index (χ2n) is 4.33. The highest BCUT2D eigenvalue weighted by Gasteiger charge is 2.09. The SMILES string of the molecule is CCC(N)Cc1ccc(Sc2nnc(C)s2)c(Br)c1. The lowest BCUT2D eigenvalue weighted by Gasteiger charge is -2.10. The van der Waals surface area contributed by atoms with Crippen LogP contribution in [0.15, 0.2) is 31.9 Å². The standard InChI is InChI=1S/C13H16BrN3S2/c1-3-10(15)6-9-4-5-12(11(14)7-9)19-13-17-16-8(2)18-13/h4-5,7,10H,3,6,15H2,1-2H3. The number of hydrogen-bond donors (Lipinski definition) is 1. The summed E-state index contributed by atoms with van der Waals surface area (Å²) in [6.45, 7) is 4.08. The Morgan fingerprint density at radius 1 is 1.42 bits per heavy atom. The highest BCUT2D eigenvalue weighted by atomic mass is 79.9. The van der Waals surface area contributed by atoms with Gasteiger partial charge in [0.25, 0.3) is 0 Å². The third-order valence-electron chi connectivity index (χ3n) is 2.72. The van der Waals surface area contributed by atoms with Crippen LogP contribution in [0.25, 0.3) is 0 Å². The van der Waals surface area contributed by atoms with Crippen molar-refractivity contribution in [3.05, 3.63) is 33.2 Å². The fraction of sp³-hybridized carbons (Fsp3) is 0.385. The first kappa shape index (κ1) is 15.0. The number of aryl methyl sites for hydroxylation is 1. The van der Waals surface area contributed by atoms with E-state index in [1.807, 2.05) is 6.92 Å². The molecule has 0 radical (unpaired) electrons. The maximum absolute atomic E-state index is 5.98. The summed E-state index contributed by atoms with van der Waals surface area (Å²) in [6, 6.07) is 6.63. The lowest BCUT2D eigenvalue weighted by atomic mass is 10.1. The van der Waals surface area contributed by atoms with Gasteiger partial charge in [-0.15, -0.1) is 10.2 Å². The van der Waals surface area contributed by atoms with E-state index in [1.165, 1.54) is 5.56 Å². The summed E-state index contributed by atoms with van der Waals surface area (Å²) in [4.78, 5) is 1.16. The number of rotatable bonds is 5. The minimum atomic E-state index is 0.233. The van der Waals surface area contributed by atoms with Gasteiger partial charge in [0.1, 0.15) is 5.01 Å². The van der Waals surface area contributed by atoms with Crippen LogP contribution in [-0.2, 0) is 6.42 Å². The third-order valence-corrected chi connectivity index (χ3v) is 5.61. The number of aromatic nitrogens is 2. The van der Waals surface area contributed by atoms with Crippen LogP contribution in [0.2, 0.25) is 0 Å². The van der Waals surface area contributed by atoms with Gasteiger partial charge < -0.3 is 5.73 Å². The Morgan fingerprint density at radius 2 is 2.21 bits per heavy atom.